The van der Waals surface area contributed by atoms with Crippen LogP contribution in [-0.2, 0) is 0 Å². The highest BCUT2D eigenvalue weighted by Gasteiger charge is 2.13. The minimum absolute atomic E-state index is 0.959. The molecule has 0 saturated heterocycles. The van der Waals surface area contributed by atoms with E-state index in [0.717, 1.165) is 60.9 Å². The number of aromatic nitrogens is 2. The Morgan fingerprint density at radius 3 is 2.21 bits per heavy atom. The lowest BCUT2D eigenvalue weighted by Crippen LogP contribution is -1.92. The molecule has 0 N–H and O–H groups in total. The molecular weight excluding hydrogens is 520 g/mol. The fraction of sp³-hybridized carbons (Fsp3) is 0.0244. The van der Waals surface area contributed by atoms with Gasteiger partial charge in [0.2, 0.25) is 0 Å². The fourth-order valence-electron chi connectivity index (χ4n) is 5.75. The van der Waals surface area contributed by atoms with Gasteiger partial charge in [-0.3, -0.25) is 4.98 Å². The zero-order valence-corrected chi connectivity index (χ0v) is 24.0. The smallest absolute Gasteiger partial charge is 0.0780 e. The summed E-state index contributed by atoms with van der Waals surface area (Å²) in [6, 6.07) is 43.2. The van der Waals surface area contributed by atoms with Gasteiger partial charge in [0, 0.05) is 28.1 Å². The number of hydrogen-bond acceptors (Lipinski definition) is 2. The van der Waals surface area contributed by atoms with Crippen LogP contribution in [0.1, 0.15) is 12.5 Å². The number of rotatable bonds is 6. The molecule has 0 unspecified atom stereocenters. The molecule has 0 saturated carbocycles. The van der Waals surface area contributed by atoms with Crippen LogP contribution in [0.5, 0.6) is 0 Å². The number of pyridine rings is 2. The van der Waals surface area contributed by atoms with Gasteiger partial charge in [0.05, 0.1) is 16.7 Å². The number of benzene rings is 5. The SMILES string of the molecule is C=C/C=C\C=C(/C)c1ccc2c(-c3ccc(-c4cccc5cccnc45)cc3)cc(-c3ccc4ccccc4c3)nc2c1. The van der Waals surface area contributed by atoms with Crippen LogP contribution in [-0.4, -0.2) is 9.97 Å². The molecule has 0 radical (unpaired) electrons. The third-order valence-corrected chi connectivity index (χ3v) is 8.04. The lowest BCUT2D eigenvalue weighted by Gasteiger charge is -2.13. The van der Waals surface area contributed by atoms with Gasteiger partial charge < -0.3 is 0 Å². The van der Waals surface area contributed by atoms with Crippen LogP contribution < -0.4 is 0 Å². The normalized spacial score (nSPS) is 12.0. The standard InChI is InChI=1S/C41H30N2/c1-3-4-5-10-28(2)33-22-23-37-38(27-39(43-40(37)26-33)35-21-16-29-11-6-7-12-34(29)25-35)31-19-17-30(18-20-31)36-15-8-13-32-14-9-24-42-41(32)36/h3-27H,1H2,2H3/b5-4-,28-10+. The summed E-state index contributed by atoms with van der Waals surface area (Å²) in [5.74, 6) is 0. The predicted molar refractivity (Wildman–Crippen MR) is 184 cm³/mol. The van der Waals surface area contributed by atoms with E-state index in [-0.39, 0.29) is 0 Å². The summed E-state index contributed by atoms with van der Waals surface area (Å²) >= 11 is 0. The Bertz CT molecular complexity index is 2200. The number of para-hydroxylation sites is 1. The maximum absolute atomic E-state index is 5.21. The van der Waals surface area contributed by atoms with Crippen molar-refractivity contribution < 1.29 is 0 Å². The Balaban J connectivity index is 1.38. The number of nitrogens with zero attached hydrogens (tertiary/aromatic N) is 2. The van der Waals surface area contributed by atoms with Crippen molar-refractivity contribution in [2.24, 2.45) is 0 Å². The summed E-state index contributed by atoms with van der Waals surface area (Å²) in [6.45, 7) is 5.90. The molecule has 0 atom stereocenters. The van der Waals surface area contributed by atoms with Crippen molar-refractivity contribution in [3.05, 3.63) is 164 Å². The van der Waals surface area contributed by atoms with Crippen molar-refractivity contribution in [3.63, 3.8) is 0 Å². The summed E-state index contributed by atoms with van der Waals surface area (Å²) in [5, 5.41) is 4.70. The maximum atomic E-state index is 5.21. The molecule has 2 heteroatoms. The van der Waals surface area contributed by atoms with Gasteiger partial charge in [-0.25, -0.2) is 4.98 Å². The Hall–Kier alpha value is -5.60. The van der Waals surface area contributed by atoms with Crippen LogP contribution in [0.2, 0.25) is 0 Å². The summed E-state index contributed by atoms with van der Waals surface area (Å²) in [5.41, 5.74) is 11.0. The number of hydrogen-bond donors (Lipinski definition) is 0. The van der Waals surface area contributed by atoms with Crippen LogP contribution in [0, 0.1) is 0 Å². The first-order chi connectivity index (χ1) is 21.2. The second kappa shape index (κ2) is 11.3. The summed E-state index contributed by atoms with van der Waals surface area (Å²) in [6.07, 6.45) is 9.72. The molecular formula is C41H30N2. The monoisotopic (exact) mass is 550 g/mol. The van der Waals surface area contributed by atoms with E-state index in [1.807, 2.05) is 24.4 Å². The quantitative estimate of drug-likeness (QED) is 0.192. The van der Waals surface area contributed by atoms with Gasteiger partial charge in [-0.15, -0.1) is 0 Å². The van der Waals surface area contributed by atoms with E-state index in [1.165, 1.54) is 16.3 Å². The molecule has 0 fully saturated rings. The van der Waals surface area contributed by atoms with E-state index in [9.17, 15) is 0 Å². The first-order valence-electron chi connectivity index (χ1n) is 14.5. The minimum atomic E-state index is 0.959. The molecule has 0 aliphatic carbocycles. The average molecular weight is 551 g/mol. The number of fused-ring (bicyclic) bond motifs is 3. The molecule has 2 heterocycles. The second-order valence-corrected chi connectivity index (χ2v) is 10.8. The van der Waals surface area contributed by atoms with Crippen molar-refractivity contribution >= 4 is 38.2 Å². The molecule has 0 bridgehead atoms. The van der Waals surface area contributed by atoms with Gasteiger partial charge in [0.15, 0.2) is 0 Å². The Morgan fingerprint density at radius 1 is 0.628 bits per heavy atom. The zero-order chi connectivity index (χ0) is 29.2. The van der Waals surface area contributed by atoms with Gasteiger partial charge in [-0.05, 0) is 69.8 Å². The molecule has 0 amide bonds. The van der Waals surface area contributed by atoms with Gasteiger partial charge in [0.25, 0.3) is 0 Å². The lowest BCUT2D eigenvalue weighted by atomic mass is 9.94. The Kier molecular flexibility index (Phi) is 6.94. The summed E-state index contributed by atoms with van der Waals surface area (Å²) in [7, 11) is 0. The van der Waals surface area contributed by atoms with Gasteiger partial charge in [-0.1, -0.05) is 128 Å². The van der Waals surface area contributed by atoms with Crippen molar-refractivity contribution in [1.82, 2.24) is 9.97 Å². The molecule has 2 nitrogen and oxygen atoms in total. The molecule has 2 aromatic heterocycles. The van der Waals surface area contributed by atoms with Crippen molar-refractivity contribution in [1.29, 1.82) is 0 Å². The highest BCUT2D eigenvalue weighted by Crippen LogP contribution is 2.36. The summed E-state index contributed by atoms with van der Waals surface area (Å²) < 4.78 is 0. The molecule has 0 spiro atoms. The van der Waals surface area contributed by atoms with Crippen molar-refractivity contribution in [2.75, 3.05) is 0 Å². The highest BCUT2D eigenvalue weighted by molar-refractivity contribution is 5.99. The average Bonchev–Trinajstić information content (AvgIpc) is 3.07. The molecule has 7 aromatic rings. The van der Waals surface area contributed by atoms with Crippen LogP contribution in [0.3, 0.4) is 0 Å². The van der Waals surface area contributed by atoms with Crippen molar-refractivity contribution in [2.45, 2.75) is 6.92 Å². The topological polar surface area (TPSA) is 25.8 Å². The third-order valence-electron chi connectivity index (χ3n) is 8.04. The van der Waals surface area contributed by atoms with E-state index >= 15 is 0 Å². The van der Waals surface area contributed by atoms with Gasteiger partial charge in [0.1, 0.15) is 0 Å². The Morgan fingerprint density at radius 2 is 1.37 bits per heavy atom. The predicted octanol–water partition coefficient (Wildman–Crippen LogP) is 11.1. The van der Waals surface area contributed by atoms with Crippen LogP contribution in [0.15, 0.2) is 158 Å². The summed E-state index contributed by atoms with van der Waals surface area (Å²) in [4.78, 5) is 9.88. The fourth-order valence-corrected chi connectivity index (χ4v) is 5.75. The first kappa shape index (κ1) is 26.3. The molecule has 5 aromatic carbocycles. The van der Waals surface area contributed by atoms with E-state index in [0.29, 0.717) is 0 Å². The molecule has 7 rings (SSSR count). The van der Waals surface area contributed by atoms with Gasteiger partial charge >= 0.3 is 0 Å². The minimum Gasteiger partial charge on any atom is -0.256 e. The van der Waals surface area contributed by atoms with E-state index in [2.05, 4.69) is 140 Å². The molecule has 0 aliphatic rings. The third kappa shape index (κ3) is 5.16. The first-order valence-corrected chi connectivity index (χ1v) is 14.5. The lowest BCUT2D eigenvalue weighted by molar-refractivity contribution is 1.39. The van der Waals surface area contributed by atoms with Crippen LogP contribution >= 0.6 is 0 Å². The van der Waals surface area contributed by atoms with E-state index < -0.39 is 0 Å². The van der Waals surface area contributed by atoms with Crippen LogP contribution in [0.4, 0.5) is 0 Å². The van der Waals surface area contributed by atoms with E-state index in [1.54, 1.807) is 6.08 Å². The zero-order valence-electron chi connectivity index (χ0n) is 24.0. The van der Waals surface area contributed by atoms with E-state index in [4.69, 9.17) is 4.98 Å². The molecule has 43 heavy (non-hydrogen) atoms. The second-order valence-electron chi connectivity index (χ2n) is 10.8. The number of allylic oxidation sites excluding steroid dienone is 5. The largest absolute Gasteiger partial charge is 0.256 e. The highest BCUT2D eigenvalue weighted by atomic mass is 14.7. The van der Waals surface area contributed by atoms with Gasteiger partial charge in [-0.2, -0.15) is 0 Å². The van der Waals surface area contributed by atoms with Crippen LogP contribution in [0.25, 0.3) is 71.7 Å². The molecule has 204 valence electrons. The van der Waals surface area contributed by atoms with Crippen molar-refractivity contribution in [3.8, 4) is 33.5 Å². The Labute approximate surface area is 252 Å². The maximum Gasteiger partial charge on any atom is 0.0780 e. The molecule has 0 aliphatic heterocycles.